The Morgan fingerprint density at radius 1 is 1.26 bits per heavy atom. The maximum absolute atomic E-state index is 11.2. The first-order valence-corrected chi connectivity index (χ1v) is 6.00. The summed E-state index contributed by atoms with van der Waals surface area (Å²) < 4.78 is 0. The largest absolute Gasteiger partial charge is 0.354 e. The van der Waals surface area contributed by atoms with Crippen LogP contribution in [0.25, 0.3) is 0 Å². The molecule has 110 valence electrons. The fourth-order valence-electron chi connectivity index (χ4n) is 1.15. The number of amides is 3. The van der Waals surface area contributed by atoms with Crippen LogP contribution in [0.1, 0.15) is 26.7 Å². The van der Waals surface area contributed by atoms with E-state index in [1.165, 1.54) is 0 Å². The van der Waals surface area contributed by atoms with Gasteiger partial charge in [-0.1, -0.05) is 0 Å². The van der Waals surface area contributed by atoms with Crippen molar-refractivity contribution < 1.29 is 19.5 Å². The highest BCUT2D eigenvalue weighted by atomic mass is 16.9. The van der Waals surface area contributed by atoms with Gasteiger partial charge in [-0.15, -0.1) is 10.1 Å². The SMILES string of the molecule is CC(C)NC(=O)NCCNC(=O)CCCO[N+](=O)[O-]. The molecule has 0 fully saturated rings. The number of urea groups is 1. The summed E-state index contributed by atoms with van der Waals surface area (Å²) in [6.45, 7) is 4.20. The van der Waals surface area contributed by atoms with E-state index in [9.17, 15) is 19.7 Å². The van der Waals surface area contributed by atoms with E-state index in [1.807, 2.05) is 13.8 Å². The summed E-state index contributed by atoms with van der Waals surface area (Å²) >= 11 is 0. The first kappa shape index (κ1) is 16.9. The molecule has 9 heteroatoms. The lowest BCUT2D eigenvalue weighted by Crippen LogP contribution is -2.42. The van der Waals surface area contributed by atoms with E-state index in [0.717, 1.165) is 0 Å². The van der Waals surface area contributed by atoms with Gasteiger partial charge in [0.05, 0.1) is 6.61 Å². The van der Waals surface area contributed by atoms with Crippen LogP contribution in [0.5, 0.6) is 0 Å². The zero-order chi connectivity index (χ0) is 14.7. The molecular weight excluding hydrogens is 256 g/mol. The zero-order valence-electron chi connectivity index (χ0n) is 11.1. The second kappa shape index (κ2) is 9.92. The molecule has 0 aromatic carbocycles. The molecule has 3 amide bonds. The van der Waals surface area contributed by atoms with Gasteiger partial charge in [-0.05, 0) is 20.3 Å². The topological polar surface area (TPSA) is 123 Å². The van der Waals surface area contributed by atoms with Crippen LogP contribution in [0.3, 0.4) is 0 Å². The van der Waals surface area contributed by atoms with Crippen LogP contribution in [-0.2, 0) is 9.63 Å². The Morgan fingerprint density at radius 3 is 2.47 bits per heavy atom. The summed E-state index contributed by atoms with van der Waals surface area (Å²) in [6, 6.07) is -0.236. The molecule has 0 aliphatic rings. The molecule has 0 atom stereocenters. The number of nitrogens with one attached hydrogen (secondary N) is 3. The molecule has 0 saturated heterocycles. The summed E-state index contributed by atoms with van der Waals surface area (Å²) in [5, 5.41) is 16.7. The lowest BCUT2D eigenvalue weighted by atomic mass is 10.3. The number of rotatable bonds is 9. The molecule has 0 aromatic heterocycles. The molecule has 0 aromatic rings. The van der Waals surface area contributed by atoms with Crippen molar-refractivity contribution in [3.8, 4) is 0 Å². The van der Waals surface area contributed by atoms with E-state index in [0.29, 0.717) is 13.1 Å². The van der Waals surface area contributed by atoms with Gasteiger partial charge >= 0.3 is 6.03 Å². The molecule has 0 bridgehead atoms. The molecule has 0 rings (SSSR count). The van der Waals surface area contributed by atoms with Gasteiger partial charge in [0.2, 0.25) is 5.91 Å². The Bertz CT molecular complexity index is 308. The van der Waals surface area contributed by atoms with Crippen LogP contribution in [0.2, 0.25) is 0 Å². The van der Waals surface area contributed by atoms with Crippen LogP contribution >= 0.6 is 0 Å². The van der Waals surface area contributed by atoms with Gasteiger partial charge in [0, 0.05) is 25.6 Å². The van der Waals surface area contributed by atoms with E-state index in [2.05, 4.69) is 20.8 Å². The van der Waals surface area contributed by atoms with E-state index in [-0.39, 0.29) is 37.4 Å². The molecule has 0 heterocycles. The van der Waals surface area contributed by atoms with Crippen molar-refractivity contribution in [1.29, 1.82) is 0 Å². The van der Waals surface area contributed by atoms with Gasteiger partial charge in [-0.3, -0.25) is 4.79 Å². The maximum Gasteiger partial charge on any atom is 0.315 e. The van der Waals surface area contributed by atoms with Crippen molar-refractivity contribution >= 4 is 11.9 Å². The van der Waals surface area contributed by atoms with Crippen molar-refractivity contribution in [2.24, 2.45) is 0 Å². The zero-order valence-corrected chi connectivity index (χ0v) is 11.1. The van der Waals surface area contributed by atoms with Crippen LogP contribution in [-0.4, -0.2) is 42.8 Å². The third kappa shape index (κ3) is 12.2. The van der Waals surface area contributed by atoms with Crippen LogP contribution in [0, 0.1) is 10.1 Å². The maximum atomic E-state index is 11.2. The normalized spacial score (nSPS) is 9.84. The molecule has 0 saturated carbocycles. The van der Waals surface area contributed by atoms with Crippen LogP contribution in [0.4, 0.5) is 4.79 Å². The molecule has 0 radical (unpaired) electrons. The first-order valence-electron chi connectivity index (χ1n) is 6.00. The Hall–Kier alpha value is -2.06. The van der Waals surface area contributed by atoms with Crippen molar-refractivity contribution in [3.63, 3.8) is 0 Å². The van der Waals surface area contributed by atoms with Crippen LogP contribution < -0.4 is 16.0 Å². The number of hydrogen-bond donors (Lipinski definition) is 3. The number of nitrogens with zero attached hydrogens (tertiary/aromatic N) is 1. The second-order valence-corrected chi connectivity index (χ2v) is 4.07. The highest BCUT2D eigenvalue weighted by Crippen LogP contribution is 1.90. The van der Waals surface area contributed by atoms with Crippen LogP contribution in [0.15, 0.2) is 0 Å². The van der Waals surface area contributed by atoms with Gasteiger partial charge in [-0.25, -0.2) is 4.79 Å². The molecule has 19 heavy (non-hydrogen) atoms. The van der Waals surface area contributed by atoms with Gasteiger partial charge in [0.25, 0.3) is 5.09 Å². The summed E-state index contributed by atoms with van der Waals surface area (Å²) in [5.74, 6) is -0.238. The predicted molar refractivity (Wildman–Crippen MR) is 66.9 cm³/mol. The highest BCUT2D eigenvalue weighted by molar-refractivity contribution is 5.76. The number of carbonyl (C=O) groups excluding carboxylic acids is 2. The predicted octanol–water partition coefficient (Wildman–Crippen LogP) is -0.201. The van der Waals surface area contributed by atoms with Crippen molar-refractivity contribution in [2.45, 2.75) is 32.7 Å². The quantitative estimate of drug-likeness (QED) is 0.306. The molecule has 3 N–H and O–H groups in total. The molecular formula is C10H20N4O5. The second-order valence-electron chi connectivity index (χ2n) is 4.07. The lowest BCUT2D eigenvalue weighted by Gasteiger charge is -2.10. The standard InChI is InChI=1S/C10H20N4O5/c1-8(2)13-10(16)12-6-5-11-9(15)4-3-7-19-14(17)18/h8H,3-7H2,1-2H3,(H,11,15)(H2,12,13,16). The molecule has 0 aliphatic carbocycles. The minimum absolute atomic E-state index is 0.0520. The summed E-state index contributed by atoms with van der Waals surface area (Å²) in [5.41, 5.74) is 0. The average molecular weight is 276 g/mol. The summed E-state index contributed by atoms with van der Waals surface area (Å²) in [4.78, 5) is 36.3. The third-order valence-corrected chi connectivity index (χ3v) is 1.90. The Labute approximate surface area is 111 Å². The number of hydrogen-bond acceptors (Lipinski definition) is 5. The highest BCUT2D eigenvalue weighted by Gasteiger charge is 2.03. The molecule has 0 unspecified atom stereocenters. The van der Waals surface area contributed by atoms with E-state index < -0.39 is 5.09 Å². The van der Waals surface area contributed by atoms with Gasteiger partial charge < -0.3 is 20.8 Å². The molecule has 0 aliphatic heterocycles. The van der Waals surface area contributed by atoms with Gasteiger partial charge in [0.15, 0.2) is 0 Å². The number of carbonyl (C=O) groups is 2. The Morgan fingerprint density at radius 2 is 1.89 bits per heavy atom. The fourth-order valence-corrected chi connectivity index (χ4v) is 1.15. The van der Waals surface area contributed by atoms with Crippen molar-refractivity contribution in [2.75, 3.05) is 19.7 Å². The van der Waals surface area contributed by atoms with Gasteiger partial charge in [0.1, 0.15) is 0 Å². The molecule has 0 spiro atoms. The summed E-state index contributed by atoms with van der Waals surface area (Å²) in [6.07, 6.45) is 0.417. The lowest BCUT2D eigenvalue weighted by molar-refractivity contribution is -0.757. The van der Waals surface area contributed by atoms with E-state index in [1.54, 1.807) is 0 Å². The minimum atomic E-state index is -0.894. The third-order valence-electron chi connectivity index (χ3n) is 1.90. The van der Waals surface area contributed by atoms with Crippen molar-refractivity contribution in [1.82, 2.24) is 16.0 Å². The Balaban J connectivity index is 3.43. The van der Waals surface area contributed by atoms with E-state index in [4.69, 9.17) is 0 Å². The van der Waals surface area contributed by atoms with Gasteiger partial charge in [-0.2, -0.15) is 0 Å². The Kier molecular flexibility index (Phi) is 8.84. The first-order chi connectivity index (χ1) is 8.91. The van der Waals surface area contributed by atoms with Crippen molar-refractivity contribution in [3.05, 3.63) is 10.1 Å². The minimum Gasteiger partial charge on any atom is -0.354 e. The summed E-state index contributed by atoms with van der Waals surface area (Å²) in [7, 11) is 0. The fraction of sp³-hybridized carbons (Fsp3) is 0.800. The molecule has 9 nitrogen and oxygen atoms in total. The smallest absolute Gasteiger partial charge is 0.315 e. The van der Waals surface area contributed by atoms with E-state index >= 15 is 0 Å². The average Bonchev–Trinajstić information content (AvgIpc) is 2.29. The monoisotopic (exact) mass is 276 g/mol.